The van der Waals surface area contributed by atoms with Crippen molar-refractivity contribution in [2.24, 2.45) is 0 Å². The van der Waals surface area contributed by atoms with Crippen LogP contribution in [0, 0.1) is 0 Å². The van der Waals surface area contributed by atoms with Gasteiger partial charge >= 0.3 is 6.18 Å². The zero-order valence-corrected chi connectivity index (χ0v) is 19.6. The van der Waals surface area contributed by atoms with Crippen LogP contribution in [-0.2, 0) is 23.8 Å². The second-order valence-corrected chi connectivity index (χ2v) is 8.76. The monoisotopic (exact) mass is 501 g/mol. The van der Waals surface area contributed by atoms with Gasteiger partial charge in [-0.15, -0.1) is 0 Å². The first kappa shape index (κ1) is 24.2. The molecule has 0 spiro atoms. The number of hydrogen-bond donors (Lipinski definition) is 1. The Hall–Kier alpha value is -4.46. The first-order valence-electron chi connectivity index (χ1n) is 11.7. The van der Waals surface area contributed by atoms with Crippen molar-refractivity contribution >= 4 is 23.2 Å². The molecule has 3 aromatic carbocycles. The molecular weight excluding hydrogens is 479 g/mol. The molecular formula is C29H22F3N3O2. The molecule has 0 aliphatic carbocycles. The molecule has 0 radical (unpaired) electrons. The van der Waals surface area contributed by atoms with Gasteiger partial charge in [0.05, 0.1) is 12.0 Å². The number of alkyl halides is 3. The summed E-state index contributed by atoms with van der Waals surface area (Å²) in [5, 5.41) is 2.74. The van der Waals surface area contributed by atoms with E-state index in [4.69, 9.17) is 0 Å². The highest BCUT2D eigenvalue weighted by atomic mass is 19.4. The van der Waals surface area contributed by atoms with Gasteiger partial charge in [0.15, 0.2) is 0 Å². The summed E-state index contributed by atoms with van der Waals surface area (Å²) < 4.78 is 40.2. The molecule has 0 fully saturated rings. The van der Waals surface area contributed by atoms with Crippen LogP contribution in [0.15, 0.2) is 91.3 Å². The minimum Gasteiger partial charge on any atom is -0.322 e. The number of fused-ring (bicyclic) bond motifs is 1. The normalized spacial score (nSPS) is 12.8. The third kappa shape index (κ3) is 5.23. The first-order chi connectivity index (χ1) is 17.8. The lowest BCUT2D eigenvalue weighted by Crippen LogP contribution is -2.30. The van der Waals surface area contributed by atoms with E-state index >= 15 is 0 Å². The fourth-order valence-electron chi connectivity index (χ4n) is 4.49. The van der Waals surface area contributed by atoms with Gasteiger partial charge in [0.2, 0.25) is 5.91 Å². The van der Waals surface area contributed by atoms with E-state index in [9.17, 15) is 22.8 Å². The highest BCUT2D eigenvalue weighted by Gasteiger charge is 2.32. The first-order valence-corrected chi connectivity index (χ1v) is 11.7. The van der Waals surface area contributed by atoms with E-state index in [0.717, 1.165) is 28.9 Å². The van der Waals surface area contributed by atoms with E-state index in [1.165, 1.54) is 6.07 Å². The van der Waals surface area contributed by atoms with Crippen LogP contribution in [-0.4, -0.2) is 23.3 Å². The van der Waals surface area contributed by atoms with Gasteiger partial charge in [0, 0.05) is 35.9 Å². The zero-order valence-electron chi connectivity index (χ0n) is 19.6. The van der Waals surface area contributed by atoms with Crippen molar-refractivity contribution in [3.05, 3.63) is 114 Å². The molecule has 37 heavy (non-hydrogen) atoms. The highest BCUT2D eigenvalue weighted by Crippen LogP contribution is 2.35. The lowest BCUT2D eigenvalue weighted by atomic mass is 9.96. The zero-order chi connectivity index (χ0) is 26.0. The molecule has 0 atom stereocenters. The number of carbonyl (C=O) groups excluding carboxylic acids is 2. The molecule has 186 valence electrons. The molecule has 5 rings (SSSR count). The van der Waals surface area contributed by atoms with Gasteiger partial charge in [-0.2, -0.15) is 13.2 Å². The second-order valence-electron chi connectivity index (χ2n) is 8.76. The average molecular weight is 502 g/mol. The van der Waals surface area contributed by atoms with Crippen molar-refractivity contribution < 1.29 is 22.8 Å². The van der Waals surface area contributed by atoms with E-state index in [-0.39, 0.29) is 17.9 Å². The topological polar surface area (TPSA) is 62.3 Å². The van der Waals surface area contributed by atoms with Crippen molar-refractivity contribution in [2.45, 2.75) is 19.0 Å². The van der Waals surface area contributed by atoms with E-state index in [1.807, 2.05) is 6.07 Å². The number of amides is 2. The van der Waals surface area contributed by atoms with Crippen molar-refractivity contribution in [2.75, 3.05) is 16.8 Å². The highest BCUT2D eigenvalue weighted by molar-refractivity contribution is 6.09. The quantitative estimate of drug-likeness (QED) is 0.357. The van der Waals surface area contributed by atoms with Crippen molar-refractivity contribution in [1.29, 1.82) is 0 Å². The van der Waals surface area contributed by atoms with Gasteiger partial charge in [0.25, 0.3) is 5.91 Å². The predicted molar refractivity (Wildman–Crippen MR) is 135 cm³/mol. The maximum absolute atomic E-state index is 13.4. The van der Waals surface area contributed by atoms with Crippen LogP contribution in [0.25, 0.3) is 11.1 Å². The molecule has 1 aliphatic rings. The number of benzene rings is 3. The van der Waals surface area contributed by atoms with Crippen LogP contribution in [0.3, 0.4) is 0 Å². The Morgan fingerprint density at radius 2 is 1.76 bits per heavy atom. The molecule has 4 aromatic rings. The number of anilines is 2. The fourth-order valence-corrected chi connectivity index (χ4v) is 4.49. The molecule has 1 N–H and O–H groups in total. The number of nitrogens with one attached hydrogen (secondary N) is 1. The summed E-state index contributed by atoms with van der Waals surface area (Å²) in [7, 11) is 0. The minimum atomic E-state index is -4.58. The van der Waals surface area contributed by atoms with Crippen LogP contribution in [0.5, 0.6) is 0 Å². The van der Waals surface area contributed by atoms with Gasteiger partial charge in [0.1, 0.15) is 0 Å². The SMILES string of the molecule is O=C(Nc1ccc2c(c1)CCN2C(=O)Cc1cccnc1)c1cc(C(F)(F)F)ccc1-c1ccccc1. The van der Waals surface area contributed by atoms with Gasteiger partial charge in [-0.1, -0.05) is 42.5 Å². The number of nitrogens with zero attached hydrogens (tertiary/aromatic N) is 2. The van der Waals surface area contributed by atoms with Crippen LogP contribution >= 0.6 is 0 Å². The molecule has 0 saturated heterocycles. The maximum Gasteiger partial charge on any atom is 0.416 e. The molecule has 2 heterocycles. The fraction of sp³-hybridized carbons (Fsp3) is 0.138. The van der Waals surface area contributed by atoms with Crippen molar-refractivity contribution in [3.8, 4) is 11.1 Å². The summed E-state index contributed by atoms with van der Waals surface area (Å²) in [4.78, 5) is 31.8. The number of aromatic nitrogens is 1. The summed E-state index contributed by atoms with van der Waals surface area (Å²) in [6.07, 6.45) is -0.439. The molecule has 2 amide bonds. The number of halogens is 3. The molecule has 8 heteroatoms. The Labute approximate surface area is 211 Å². The van der Waals surface area contributed by atoms with Crippen molar-refractivity contribution in [1.82, 2.24) is 4.98 Å². The van der Waals surface area contributed by atoms with Gasteiger partial charge in [-0.25, -0.2) is 0 Å². The largest absolute Gasteiger partial charge is 0.416 e. The van der Waals surface area contributed by atoms with Gasteiger partial charge in [-0.05, 0) is 65.1 Å². The average Bonchev–Trinajstić information content (AvgIpc) is 3.32. The molecule has 1 aliphatic heterocycles. The summed E-state index contributed by atoms with van der Waals surface area (Å²) >= 11 is 0. The molecule has 0 bridgehead atoms. The van der Waals surface area contributed by atoms with Crippen LogP contribution in [0.1, 0.15) is 27.0 Å². The lowest BCUT2D eigenvalue weighted by Gasteiger charge is -2.18. The van der Waals surface area contributed by atoms with E-state index < -0.39 is 17.6 Å². The Morgan fingerprint density at radius 1 is 0.946 bits per heavy atom. The van der Waals surface area contributed by atoms with E-state index in [0.29, 0.717) is 29.8 Å². The number of carbonyl (C=O) groups is 2. The third-order valence-electron chi connectivity index (χ3n) is 6.29. The van der Waals surface area contributed by atoms with Crippen LogP contribution in [0.2, 0.25) is 0 Å². The Kier molecular flexibility index (Phi) is 6.48. The van der Waals surface area contributed by atoms with Crippen LogP contribution < -0.4 is 10.2 Å². The Morgan fingerprint density at radius 3 is 2.49 bits per heavy atom. The summed E-state index contributed by atoms with van der Waals surface area (Å²) in [5.74, 6) is -0.701. The number of hydrogen-bond acceptors (Lipinski definition) is 3. The lowest BCUT2D eigenvalue weighted by molar-refractivity contribution is -0.137. The van der Waals surface area contributed by atoms with Gasteiger partial charge < -0.3 is 10.2 Å². The van der Waals surface area contributed by atoms with E-state index in [1.54, 1.807) is 71.9 Å². The molecule has 0 saturated carbocycles. The molecule has 5 nitrogen and oxygen atoms in total. The summed E-state index contributed by atoms with van der Waals surface area (Å²) in [6, 6.07) is 20.8. The van der Waals surface area contributed by atoms with E-state index in [2.05, 4.69) is 10.3 Å². The predicted octanol–water partition coefficient (Wildman–Crippen LogP) is 6.15. The molecule has 0 unspecified atom stereocenters. The second kappa shape index (κ2) is 9.89. The summed E-state index contributed by atoms with van der Waals surface area (Å²) in [6.45, 7) is 0.512. The number of pyridine rings is 1. The standard InChI is InChI=1S/C29H22F3N3O2/c30-29(31,32)22-8-10-24(20-6-2-1-3-7-20)25(17-22)28(37)34-23-9-11-26-21(16-23)12-14-35(26)27(36)15-19-5-4-13-33-18-19/h1-11,13,16-18H,12,14-15H2,(H,34,37). The molecule has 1 aromatic heterocycles. The van der Waals surface area contributed by atoms with Crippen molar-refractivity contribution in [3.63, 3.8) is 0 Å². The minimum absolute atomic E-state index is 0.0556. The summed E-state index contributed by atoms with van der Waals surface area (Å²) in [5.41, 5.74) is 2.98. The third-order valence-corrected chi connectivity index (χ3v) is 6.29. The number of rotatable bonds is 5. The Balaban J connectivity index is 1.39. The Bertz CT molecular complexity index is 1450. The maximum atomic E-state index is 13.4. The van der Waals surface area contributed by atoms with Crippen LogP contribution in [0.4, 0.5) is 24.5 Å². The van der Waals surface area contributed by atoms with Gasteiger partial charge in [-0.3, -0.25) is 14.6 Å². The smallest absolute Gasteiger partial charge is 0.322 e.